The smallest absolute Gasteiger partial charge is 0.238 e. The van der Waals surface area contributed by atoms with Crippen LogP contribution in [-0.4, -0.2) is 35.0 Å². The van der Waals surface area contributed by atoms with Gasteiger partial charge in [-0.25, -0.2) is 0 Å². The molecule has 1 saturated carbocycles. The minimum atomic E-state index is -0.226. The maximum absolute atomic E-state index is 11.8. The van der Waals surface area contributed by atoms with E-state index in [-0.39, 0.29) is 17.5 Å². The van der Waals surface area contributed by atoms with Gasteiger partial charge in [0.1, 0.15) is 6.04 Å². The van der Waals surface area contributed by atoms with Crippen LogP contribution in [0.3, 0.4) is 0 Å². The molecule has 1 aliphatic heterocycles. The van der Waals surface area contributed by atoms with Gasteiger partial charge >= 0.3 is 0 Å². The molecule has 2 rings (SSSR count). The van der Waals surface area contributed by atoms with Crippen LogP contribution in [0.1, 0.15) is 33.1 Å². The van der Waals surface area contributed by atoms with Crippen LogP contribution in [-0.2, 0) is 4.79 Å². The lowest BCUT2D eigenvalue weighted by atomic mass is 9.96. The van der Waals surface area contributed by atoms with Crippen LogP contribution < -0.4 is 5.32 Å². The molecule has 1 amide bonds. The molecule has 15 heavy (non-hydrogen) atoms. The fourth-order valence-corrected chi connectivity index (χ4v) is 2.26. The molecule has 0 aromatic carbocycles. The van der Waals surface area contributed by atoms with Crippen molar-refractivity contribution < 1.29 is 4.79 Å². The summed E-state index contributed by atoms with van der Waals surface area (Å²) in [6.07, 6.45) is 2.65. The highest BCUT2D eigenvalue weighted by Gasteiger charge is 2.44. The largest absolute Gasteiger partial charge is 0.349 e. The van der Waals surface area contributed by atoms with Gasteiger partial charge in [-0.15, -0.1) is 0 Å². The lowest BCUT2D eigenvalue weighted by Gasteiger charge is -2.43. The average Bonchev–Trinajstić information content (AvgIpc) is 2.91. The first-order chi connectivity index (χ1) is 7.03. The van der Waals surface area contributed by atoms with E-state index in [1.807, 2.05) is 13.8 Å². The molecular weight excluding hydrogens is 190 g/mol. The Balaban J connectivity index is 2.14. The number of carbonyl (C=O) groups is 1. The van der Waals surface area contributed by atoms with Crippen LogP contribution in [0.15, 0.2) is 0 Å². The third-order valence-corrected chi connectivity index (χ3v) is 3.04. The zero-order chi connectivity index (χ0) is 11.1. The Morgan fingerprint density at radius 3 is 2.80 bits per heavy atom. The second kappa shape index (κ2) is 3.49. The van der Waals surface area contributed by atoms with E-state index >= 15 is 0 Å². The third kappa shape index (κ3) is 2.13. The van der Waals surface area contributed by atoms with E-state index in [9.17, 15) is 4.79 Å². The summed E-state index contributed by atoms with van der Waals surface area (Å²) in [4.78, 5) is 14.0. The first-order valence-electron chi connectivity index (χ1n) is 5.48. The minimum Gasteiger partial charge on any atom is -0.349 e. The fourth-order valence-electron chi connectivity index (χ4n) is 2.26. The summed E-state index contributed by atoms with van der Waals surface area (Å²) in [5.74, 6) is 0.0136. The van der Waals surface area contributed by atoms with Crippen molar-refractivity contribution in [1.82, 2.24) is 10.2 Å². The molecule has 82 valence electrons. The molecule has 2 fully saturated rings. The number of amides is 1. The minimum absolute atomic E-state index is 0.0136. The predicted molar refractivity (Wildman–Crippen MR) is 56.0 cm³/mol. The van der Waals surface area contributed by atoms with Crippen LogP contribution >= 0.6 is 0 Å². The highest BCUT2D eigenvalue weighted by Crippen LogP contribution is 2.32. The molecule has 1 atom stereocenters. The van der Waals surface area contributed by atoms with Crippen molar-refractivity contribution in [2.24, 2.45) is 0 Å². The second-order valence-corrected chi connectivity index (χ2v) is 5.15. The van der Waals surface area contributed by atoms with Crippen LogP contribution in [0, 0.1) is 11.3 Å². The highest BCUT2D eigenvalue weighted by atomic mass is 16.2. The molecule has 0 spiro atoms. The van der Waals surface area contributed by atoms with E-state index < -0.39 is 0 Å². The van der Waals surface area contributed by atoms with Gasteiger partial charge in [-0.05, 0) is 26.7 Å². The Bertz CT molecular complexity index is 314. The maximum Gasteiger partial charge on any atom is 0.238 e. The highest BCUT2D eigenvalue weighted by molar-refractivity contribution is 5.83. The number of rotatable bonds is 2. The van der Waals surface area contributed by atoms with Crippen LogP contribution in [0.5, 0.6) is 0 Å². The van der Waals surface area contributed by atoms with E-state index in [2.05, 4.69) is 16.3 Å². The van der Waals surface area contributed by atoms with Crippen molar-refractivity contribution in [3.63, 3.8) is 0 Å². The summed E-state index contributed by atoms with van der Waals surface area (Å²) in [5.41, 5.74) is -0.161. The molecule has 0 aromatic rings. The Hall–Kier alpha value is -1.08. The van der Waals surface area contributed by atoms with Crippen molar-refractivity contribution in [2.45, 2.75) is 50.7 Å². The average molecular weight is 207 g/mol. The maximum atomic E-state index is 11.8. The SMILES string of the molecule is CC1(C)CN(C2CC2)C(CC#N)C(=O)N1. The summed E-state index contributed by atoms with van der Waals surface area (Å²) in [5, 5.41) is 11.7. The standard InChI is InChI=1S/C11H17N3O/c1-11(2)7-14(8-3-4-8)9(5-6-12)10(15)13-11/h8-9H,3-5,7H2,1-2H3,(H,13,15). The Morgan fingerprint density at radius 1 is 1.60 bits per heavy atom. The van der Waals surface area contributed by atoms with Gasteiger partial charge < -0.3 is 5.32 Å². The monoisotopic (exact) mass is 207 g/mol. The molecule has 1 aliphatic carbocycles. The van der Waals surface area contributed by atoms with Gasteiger partial charge in [0.25, 0.3) is 0 Å². The van der Waals surface area contributed by atoms with Gasteiger partial charge in [-0.1, -0.05) is 0 Å². The number of nitrogens with zero attached hydrogens (tertiary/aromatic N) is 2. The summed E-state index contributed by atoms with van der Waals surface area (Å²) >= 11 is 0. The molecule has 0 aromatic heterocycles. The van der Waals surface area contributed by atoms with Crippen molar-refractivity contribution in [2.75, 3.05) is 6.54 Å². The van der Waals surface area contributed by atoms with E-state index in [0.717, 1.165) is 6.54 Å². The zero-order valence-corrected chi connectivity index (χ0v) is 9.29. The molecular formula is C11H17N3O. The van der Waals surface area contributed by atoms with Crippen molar-refractivity contribution in [3.8, 4) is 6.07 Å². The number of carbonyl (C=O) groups excluding carboxylic acids is 1. The van der Waals surface area contributed by atoms with E-state index in [1.165, 1.54) is 12.8 Å². The summed E-state index contributed by atoms with van der Waals surface area (Å²) < 4.78 is 0. The molecule has 0 radical (unpaired) electrons. The van der Waals surface area contributed by atoms with Crippen LogP contribution in [0.2, 0.25) is 0 Å². The first kappa shape index (κ1) is 10.4. The number of nitriles is 1. The van der Waals surface area contributed by atoms with Gasteiger partial charge in [0.2, 0.25) is 5.91 Å². The fraction of sp³-hybridized carbons (Fsp3) is 0.818. The summed E-state index contributed by atoms with van der Waals surface area (Å²) in [6, 6.07) is 2.41. The topological polar surface area (TPSA) is 56.1 Å². The normalized spacial score (nSPS) is 30.7. The van der Waals surface area contributed by atoms with Gasteiger partial charge in [0, 0.05) is 18.1 Å². The Labute approximate surface area is 90.2 Å². The van der Waals surface area contributed by atoms with Crippen LogP contribution in [0.4, 0.5) is 0 Å². The Morgan fingerprint density at radius 2 is 2.27 bits per heavy atom. The molecule has 1 N–H and O–H groups in total. The second-order valence-electron chi connectivity index (χ2n) is 5.15. The van der Waals surface area contributed by atoms with Gasteiger partial charge in [-0.3, -0.25) is 9.69 Å². The molecule has 1 saturated heterocycles. The molecule has 2 aliphatic rings. The van der Waals surface area contributed by atoms with Gasteiger partial charge in [-0.2, -0.15) is 5.26 Å². The molecule has 4 heteroatoms. The quantitative estimate of drug-likeness (QED) is 0.723. The van der Waals surface area contributed by atoms with Crippen LogP contribution in [0.25, 0.3) is 0 Å². The zero-order valence-electron chi connectivity index (χ0n) is 9.29. The van der Waals surface area contributed by atoms with E-state index in [1.54, 1.807) is 0 Å². The van der Waals surface area contributed by atoms with Crippen molar-refractivity contribution in [1.29, 1.82) is 5.26 Å². The lowest BCUT2D eigenvalue weighted by molar-refractivity contribution is -0.133. The number of piperazine rings is 1. The number of nitrogens with one attached hydrogen (secondary N) is 1. The van der Waals surface area contributed by atoms with Crippen molar-refractivity contribution in [3.05, 3.63) is 0 Å². The Kier molecular flexibility index (Phi) is 2.43. The number of hydrogen-bond acceptors (Lipinski definition) is 3. The predicted octanol–water partition coefficient (Wildman–Crippen LogP) is 0.641. The summed E-state index contributed by atoms with van der Waals surface area (Å²) in [6.45, 7) is 4.92. The van der Waals surface area contributed by atoms with Gasteiger partial charge in [0.05, 0.1) is 12.5 Å². The molecule has 1 heterocycles. The van der Waals surface area contributed by atoms with Crippen molar-refractivity contribution >= 4 is 5.91 Å². The first-order valence-corrected chi connectivity index (χ1v) is 5.48. The summed E-state index contributed by atoms with van der Waals surface area (Å²) in [7, 11) is 0. The lowest BCUT2D eigenvalue weighted by Crippen LogP contribution is -2.65. The van der Waals surface area contributed by atoms with Gasteiger partial charge in [0.15, 0.2) is 0 Å². The van der Waals surface area contributed by atoms with E-state index in [4.69, 9.17) is 5.26 Å². The number of hydrogen-bond donors (Lipinski definition) is 1. The molecule has 4 nitrogen and oxygen atoms in total. The third-order valence-electron chi connectivity index (χ3n) is 3.04. The molecule has 0 bridgehead atoms. The molecule has 1 unspecified atom stereocenters. The van der Waals surface area contributed by atoms with E-state index in [0.29, 0.717) is 12.5 Å².